The summed E-state index contributed by atoms with van der Waals surface area (Å²) >= 11 is 0. The van der Waals surface area contributed by atoms with Gasteiger partial charge in [0.1, 0.15) is 5.75 Å². The molecule has 0 aliphatic carbocycles. The number of hydrogen-bond donors (Lipinski definition) is 1. The number of benzene rings is 2. The van der Waals surface area contributed by atoms with Gasteiger partial charge in [-0.1, -0.05) is 6.07 Å². The largest absolute Gasteiger partial charge is 0.497 e. The second-order valence-corrected chi connectivity index (χ2v) is 6.50. The number of aldehydes is 1. The van der Waals surface area contributed by atoms with Gasteiger partial charge in [0.2, 0.25) is 0 Å². The Morgan fingerprint density at radius 1 is 1.21 bits per heavy atom. The lowest BCUT2D eigenvalue weighted by molar-refractivity contribution is 0.112. The van der Waals surface area contributed by atoms with E-state index in [9.17, 15) is 4.79 Å². The van der Waals surface area contributed by atoms with Crippen molar-refractivity contribution in [2.24, 2.45) is 0 Å². The summed E-state index contributed by atoms with van der Waals surface area (Å²) in [6.45, 7) is 3.21. The number of fused-ring (bicyclic) bond motifs is 3. The zero-order valence-corrected chi connectivity index (χ0v) is 13.9. The number of rotatable bonds is 3. The topological polar surface area (TPSA) is 41.6 Å². The Hall–Kier alpha value is -2.33. The molecule has 0 saturated carbocycles. The number of methoxy groups -OCH3 is 1. The Kier molecular flexibility index (Phi) is 3.98. The molecule has 4 nitrogen and oxygen atoms in total. The second-order valence-electron chi connectivity index (χ2n) is 6.50. The summed E-state index contributed by atoms with van der Waals surface area (Å²) in [5.41, 5.74) is 5.50. The molecule has 2 heterocycles. The molecule has 2 aliphatic rings. The number of nitrogens with one attached hydrogen (secondary N) is 1. The molecule has 4 heteroatoms. The molecule has 1 unspecified atom stereocenters. The van der Waals surface area contributed by atoms with Gasteiger partial charge in [0.25, 0.3) is 0 Å². The van der Waals surface area contributed by atoms with E-state index in [0.717, 1.165) is 43.5 Å². The molecule has 1 N–H and O–H groups in total. The van der Waals surface area contributed by atoms with Crippen molar-refractivity contribution < 1.29 is 9.53 Å². The molecule has 24 heavy (non-hydrogen) atoms. The first-order chi connectivity index (χ1) is 11.8. The molecule has 1 saturated heterocycles. The highest BCUT2D eigenvalue weighted by Gasteiger charge is 2.30. The second kappa shape index (κ2) is 6.29. The van der Waals surface area contributed by atoms with Crippen molar-refractivity contribution in [2.75, 3.05) is 31.6 Å². The lowest BCUT2D eigenvalue weighted by atomic mass is 9.97. The van der Waals surface area contributed by atoms with Crippen molar-refractivity contribution in [1.29, 1.82) is 0 Å². The average molecular weight is 322 g/mol. The van der Waals surface area contributed by atoms with Crippen molar-refractivity contribution in [3.8, 4) is 16.9 Å². The van der Waals surface area contributed by atoms with Crippen molar-refractivity contribution in [1.82, 2.24) is 5.32 Å². The Morgan fingerprint density at radius 2 is 2.12 bits per heavy atom. The van der Waals surface area contributed by atoms with Gasteiger partial charge in [-0.3, -0.25) is 4.79 Å². The molecule has 0 radical (unpaired) electrons. The Morgan fingerprint density at radius 3 is 2.96 bits per heavy atom. The smallest absolute Gasteiger partial charge is 0.150 e. The van der Waals surface area contributed by atoms with Gasteiger partial charge in [0.05, 0.1) is 7.11 Å². The molecule has 1 fully saturated rings. The standard InChI is InChI=1S/C20H22N2O2/c1-24-18-3-4-19(16(12-18)13-23)14-2-5-20-15(10-14)11-17-6-7-21-8-9-22(17)20/h2-5,10,12-13,17,21H,6-9,11H2,1H3. The highest BCUT2D eigenvalue weighted by molar-refractivity contribution is 5.89. The van der Waals surface area contributed by atoms with Crippen LogP contribution in [0.2, 0.25) is 0 Å². The summed E-state index contributed by atoms with van der Waals surface area (Å²) in [5, 5.41) is 3.48. The summed E-state index contributed by atoms with van der Waals surface area (Å²) in [4.78, 5) is 14.0. The number of hydrogen-bond acceptors (Lipinski definition) is 4. The van der Waals surface area contributed by atoms with Crippen LogP contribution in [0.1, 0.15) is 22.3 Å². The van der Waals surface area contributed by atoms with Gasteiger partial charge in [0, 0.05) is 30.4 Å². The van der Waals surface area contributed by atoms with Gasteiger partial charge < -0.3 is 15.0 Å². The molecule has 0 bridgehead atoms. The first-order valence-electron chi connectivity index (χ1n) is 8.54. The SMILES string of the molecule is COc1ccc(-c2ccc3c(c2)CC2CCNCCN32)c(C=O)c1. The van der Waals surface area contributed by atoms with Crippen molar-refractivity contribution in [3.63, 3.8) is 0 Å². The molecule has 124 valence electrons. The third-order valence-electron chi connectivity index (χ3n) is 5.17. The van der Waals surface area contributed by atoms with E-state index in [-0.39, 0.29) is 0 Å². The van der Waals surface area contributed by atoms with Crippen LogP contribution in [0.5, 0.6) is 5.75 Å². The van der Waals surface area contributed by atoms with Gasteiger partial charge in [-0.05, 0) is 66.4 Å². The third kappa shape index (κ3) is 2.57. The van der Waals surface area contributed by atoms with Crippen molar-refractivity contribution in [2.45, 2.75) is 18.9 Å². The van der Waals surface area contributed by atoms with Crippen LogP contribution in [-0.4, -0.2) is 39.1 Å². The predicted octanol–water partition coefficient (Wildman–Crippen LogP) is 2.90. The van der Waals surface area contributed by atoms with Crippen LogP contribution < -0.4 is 15.0 Å². The maximum atomic E-state index is 11.5. The van der Waals surface area contributed by atoms with E-state index in [4.69, 9.17) is 4.74 Å². The zero-order valence-electron chi connectivity index (χ0n) is 13.9. The van der Waals surface area contributed by atoms with Crippen LogP contribution >= 0.6 is 0 Å². The van der Waals surface area contributed by atoms with Crippen LogP contribution in [-0.2, 0) is 6.42 Å². The fourth-order valence-electron chi connectivity index (χ4n) is 3.94. The van der Waals surface area contributed by atoms with Crippen LogP contribution in [0, 0.1) is 0 Å². The Bertz CT molecular complexity index is 772. The molecular formula is C20H22N2O2. The van der Waals surface area contributed by atoms with Gasteiger partial charge in [0.15, 0.2) is 6.29 Å². The maximum absolute atomic E-state index is 11.5. The van der Waals surface area contributed by atoms with E-state index in [1.54, 1.807) is 13.2 Å². The van der Waals surface area contributed by atoms with Crippen LogP contribution in [0.3, 0.4) is 0 Å². The van der Waals surface area contributed by atoms with Crippen molar-refractivity contribution in [3.05, 3.63) is 47.5 Å². The summed E-state index contributed by atoms with van der Waals surface area (Å²) in [7, 11) is 1.62. The summed E-state index contributed by atoms with van der Waals surface area (Å²) in [6.07, 6.45) is 3.19. The molecule has 0 aromatic heterocycles. The minimum atomic E-state index is 0.603. The molecule has 2 aliphatic heterocycles. The molecule has 0 spiro atoms. The van der Waals surface area contributed by atoms with Gasteiger partial charge in [-0.15, -0.1) is 0 Å². The monoisotopic (exact) mass is 322 g/mol. The quantitative estimate of drug-likeness (QED) is 0.882. The molecular weight excluding hydrogens is 300 g/mol. The maximum Gasteiger partial charge on any atom is 0.150 e. The van der Waals surface area contributed by atoms with Crippen LogP contribution in [0.4, 0.5) is 5.69 Å². The minimum absolute atomic E-state index is 0.603. The predicted molar refractivity (Wildman–Crippen MR) is 96.1 cm³/mol. The van der Waals surface area contributed by atoms with E-state index in [1.807, 2.05) is 12.1 Å². The van der Waals surface area contributed by atoms with Gasteiger partial charge >= 0.3 is 0 Å². The normalized spacial score (nSPS) is 19.4. The molecule has 1 atom stereocenters. The minimum Gasteiger partial charge on any atom is -0.497 e. The van der Waals surface area contributed by atoms with Crippen LogP contribution in [0.25, 0.3) is 11.1 Å². The summed E-state index contributed by atoms with van der Waals surface area (Å²) in [6, 6.07) is 12.9. The first kappa shape index (κ1) is 15.2. The Balaban J connectivity index is 1.71. The number of carbonyl (C=O) groups is 1. The highest BCUT2D eigenvalue weighted by Crippen LogP contribution is 2.37. The van der Waals surface area contributed by atoms with Crippen molar-refractivity contribution >= 4 is 12.0 Å². The molecule has 2 aromatic carbocycles. The van der Waals surface area contributed by atoms with E-state index in [0.29, 0.717) is 17.4 Å². The van der Waals surface area contributed by atoms with E-state index >= 15 is 0 Å². The van der Waals surface area contributed by atoms with E-state index in [1.165, 1.54) is 17.7 Å². The third-order valence-corrected chi connectivity index (χ3v) is 5.17. The number of anilines is 1. The van der Waals surface area contributed by atoms with E-state index < -0.39 is 0 Å². The van der Waals surface area contributed by atoms with Crippen LogP contribution in [0.15, 0.2) is 36.4 Å². The molecule has 4 rings (SSSR count). The number of carbonyl (C=O) groups excluding carboxylic acids is 1. The first-order valence-corrected chi connectivity index (χ1v) is 8.54. The summed E-state index contributed by atoms with van der Waals surface area (Å²) in [5.74, 6) is 0.711. The fraction of sp³-hybridized carbons (Fsp3) is 0.350. The average Bonchev–Trinajstić information content (AvgIpc) is 2.81. The molecule has 0 amide bonds. The van der Waals surface area contributed by atoms with Gasteiger partial charge in [-0.25, -0.2) is 0 Å². The Labute approximate surface area is 142 Å². The number of ether oxygens (including phenoxy) is 1. The summed E-state index contributed by atoms with van der Waals surface area (Å²) < 4.78 is 5.23. The highest BCUT2D eigenvalue weighted by atomic mass is 16.5. The lowest BCUT2D eigenvalue weighted by Gasteiger charge is -2.24. The van der Waals surface area contributed by atoms with E-state index in [2.05, 4.69) is 28.4 Å². The van der Waals surface area contributed by atoms with Gasteiger partial charge in [-0.2, -0.15) is 0 Å². The number of nitrogens with zero attached hydrogens (tertiary/aromatic N) is 1. The fourth-order valence-corrected chi connectivity index (χ4v) is 3.94. The molecule has 2 aromatic rings. The lowest BCUT2D eigenvalue weighted by Crippen LogP contribution is -2.32. The zero-order chi connectivity index (χ0) is 16.5.